The standard InChI is InChI=1S/C12H19F3N4/c1-5-7(11(2,3)4)18-8-6-17-9(10(16)19-8)12(13,14)15/h6-7H,5H2,1-4H3,(H3,16,18,19)/t7-/m0/s1. The highest BCUT2D eigenvalue weighted by Crippen LogP contribution is 2.32. The number of hydrogen-bond donors (Lipinski definition) is 2. The van der Waals surface area contributed by atoms with E-state index in [9.17, 15) is 13.2 Å². The number of nitrogens with two attached hydrogens (primary N) is 1. The number of aromatic nitrogens is 2. The van der Waals surface area contributed by atoms with Crippen molar-refractivity contribution in [2.45, 2.75) is 46.3 Å². The zero-order chi connectivity index (χ0) is 14.8. The molecule has 4 nitrogen and oxygen atoms in total. The van der Waals surface area contributed by atoms with Crippen molar-refractivity contribution >= 4 is 11.6 Å². The Morgan fingerprint density at radius 3 is 2.26 bits per heavy atom. The van der Waals surface area contributed by atoms with E-state index in [2.05, 4.69) is 15.3 Å². The van der Waals surface area contributed by atoms with Crippen molar-refractivity contribution in [3.63, 3.8) is 0 Å². The molecule has 0 unspecified atom stereocenters. The van der Waals surface area contributed by atoms with E-state index in [0.29, 0.717) is 0 Å². The Kier molecular flexibility index (Phi) is 4.27. The predicted octanol–water partition coefficient (Wildman–Crippen LogP) is 3.31. The summed E-state index contributed by atoms with van der Waals surface area (Å²) in [5.41, 5.74) is 4.10. The van der Waals surface area contributed by atoms with Crippen molar-refractivity contribution in [1.29, 1.82) is 0 Å². The Morgan fingerprint density at radius 2 is 1.89 bits per heavy atom. The van der Waals surface area contributed by atoms with E-state index in [-0.39, 0.29) is 17.3 Å². The van der Waals surface area contributed by atoms with Crippen LogP contribution in [0, 0.1) is 5.41 Å². The maximum Gasteiger partial charge on any atom is 0.437 e. The quantitative estimate of drug-likeness (QED) is 0.889. The van der Waals surface area contributed by atoms with E-state index in [1.807, 2.05) is 27.7 Å². The molecule has 0 fully saturated rings. The lowest BCUT2D eigenvalue weighted by Gasteiger charge is -2.31. The third-order valence-electron chi connectivity index (χ3n) is 2.84. The van der Waals surface area contributed by atoms with Gasteiger partial charge in [0.15, 0.2) is 11.5 Å². The number of alkyl halides is 3. The van der Waals surface area contributed by atoms with Crippen molar-refractivity contribution in [2.24, 2.45) is 5.41 Å². The molecule has 0 amide bonds. The first kappa shape index (κ1) is 15.5. The van der Waals surface area contributed by atoms with Gasteiger partial charge >= 0.3 is 6.18 Å². The van der Waals surface area contributed by atoms with Gasteiger partial charge in [-0.25, -0.2) is 9.97 Å². The molecule has 0 radical (unpaired) electrons. The summed E-state index contributed by atoms with van der Waals surface area (Å²) in [6, 6.07) is 0.0675. The van der Waals surface area contributed by atoms with Crippen LogP contribution in [0.4, 0.5) is 24.8 Å². The summed E-state index contributed by atoms with van der Waals surface area (Å²) in [5.74, 6) is -0.353. The highest BCUT2D eigenvalue weighted by atomic mass is 19.4. The Hall–Kier alpha value is -1.53. The molecule has 1 heterocycles. The van der Waals surface area contributed by atoms with Crippen LogP contribution in [0.1, 0.15) is 39.8 Å². The number of anilines is 2. The Morgan fingerprint density at radius 1 is 1.32 bits per heavy atom. The first-order valence-electron chi connectivity index (χ1n) is 6.02. The molecule has 0 bridgehead atoms. The predicted molar refractivity (Wildman–Crippen MR) is 68.6 cm³/mol. The fourth-order valence-corrected chi connectivity index (χ4v) is 1.80. The Balaban J connectivity index is 2.96. The van der Waals surface area contributed by atoms with Crippen molar-refractivity contribution in [1.82, 2.24) is 9.97 Å². The van der Waals surface area contributed by atoms with Crippen LogP contribution in [0.3, 0.4) is 0 Å². The van der Waals surface area contributed by atoms with Gasteiger partial charge in [-0.05, 0) is 11.8 Å². The van der Waals surface area contributed by atoms with Crippen LogP contribution in [0.5, 0.6) is 0 Å². The third-order valence-corrected chi connectivity index (χ3v) is 2.84. The van der Waals surface area contributed by atoms with E-state index in [1.165, 1.54) is 0 Å². The lowest BCUT2D eigenvalue weighted by molar-refractivity contribution is -0.140. The maximum atomic E-state index is 12.5. The van der Waals surface area contributed by atoms with Gasteiger partial charge in [-0.1, -0.05) is 27.7 Å². The Labute approximate surface area is 110 Å². The molecule has 19 heavy (non-hydrogen) atoms. The van der Waals surface area contributed by atoms with Gasteiger partial charge in [0.25, 0.3) is 0 Å². The van der Waals surface area contributed by atoms with Gasteiger partial charge < -0.3 is 11.1 Å². The summed E-state index contributed by atoms with van der Waals surface area (Å²) in [7, 11) is 0. The first-order valence-corrected chi connectivity index (χ1v) is 6.02. The number of rotatable bonds is 3. The molecule has 1 atom stereocenters. The van der Waals surface area contributed by atoms with E-state index in [1.54, 1.807) is 0 Å². The smallest absolute Gasteiger partial charge is 0.382 e. The zero-order valence-electron chi connectivity index (χ0n) is 11.5. The van der Waals surface area contributed by atoms with E-state index in [4.69, 9.17) is 5.73 Å². The molecule has 0 spiro atoms. The molecule has 1 aromatic rings. The molecule has 0 aromatic carbocycles. The van der Waals surface area contributed by atoms with Gasteiger partial charge in [0.2, 0.25) is 0 Å². The number of nitrogens with one attached hydrogen (secondary N) is 1. The molecule has 0 aliphatic carbocycles. The second kappa shape index (κ2) is 5.22. The fraction of sp³-hybridized carbons (Fsp3) is 0.667. The van der Waals surface area contributed by atoms with E-state index >= 15 is 0 Å². The van der Waals surface area contributed by atoms with Crippen LogP contribution in [-0.2, 0) is 6.18 Å². The van der Waals surface area contributed by atoms with Gasteiger partial charge in [-0.15, -0.1) is 0 Å². The van der Waals surface area contributed by atoms with Crippen LogP contribution < -0.4 is 11.1 Å². The van der Waals surface area contributed by atoms with Crippen molar-refractivity contribution in [2.75, 3.05) is 11.1 Å². The molecule has 108 valence electrons. The van der Waals surface area contributed by atoms with Crippen LogP contribution in [0.15, 0.2) is 6.20 Å². The average Bonchev–Trinajstić information content (AvgIpc) is 2.22. The van der Waals surface area contributed by atoms with E-state index < -0.39 is 17.7 Å². The highest BCUT2D eigenvalue weighted by molar-refractivity contribution is 5.45. The molecule has 7 heteroatoms. The largest absolute Gasteiger partial charge is 0.437 e. The molecule has 3 N–H and O–H groups in total. The molecule has 1 rings (SSSR count). The number of nitrogens with zero attached hydrogens (tertiary/aromatic N) is 2. The summed E-state index contributed by atoms with van der Waals surface area (Å²) in [5, 5.41) is 3.07. The van der Waals surface area contributed by atoms with Gasteiger partial charge in [0, 0.05) is 6.04 Å². The molecule has 1 aromatic heterocycles. The molecule has 0 aliphatic heterocycles. The summed E-state index contributed by atoms with van der Waals surface area (Å²) < 4.78 is 37.5. The minimum Gasteiger partial charge on any atom is -0.382 e. The molecule has 0 aliphatic rings. The van der Waals surface area contributed by atoms with Gasteiger partial charge in [0.1, 0.15) is 5.82 Å². The maximum absolute atomic E-state index is 12.5. The molecule has 0 saturated carbocycles. The summed E-state index contributed by atoms with van der Waals surface area (Å²) in [6.45, 7) is 8.10. The van der Waals surface area contributed by atoms with Gasteiger partial charge in [-0.2, -0.15) is 13.2 Å². The number of halogens is 3. The molecular formula is C12H19F3N4. The molecular weight excluding hydrogens is 257 g/mol. The fourth-order valence-electron chi connectivity index (χ4n) is 1.80. The molecule has 0 saturated heterocycles. The second-order valence-electron chi connectivity index (χ2n) is 5.46. The van der Waals surface area contributed by atoms with Crippen molar-refractivity contribution in [3.05, 3.63) is 11.9 Å². The van der Waals surface area contributed by atoms with Crippen molar-refractivity contribution < 1.29 is 13.2 Å². The average molecular weight is 276 g/mol. The second-order valence-corrected chi connectivity index (χ2v) is 5.46. The van der Waals surface area contributed by atoms with Gasteiger partial charge in [-0.3, -0.25) is 0 Å². The SMILES string of the molecule is CC[C@H](Nc1cnc(C(F)(F)F)c(N)n1)C(C)(C)C. The van der Waals surface area contributed by atoms with Crippen LogP contribution >= 0.6 is 0 Å². The lowest BCUT2D eigenvalue weighted by atomic mass is 9.85. The Bertz CT molecular complexity index is 438. The van der Waals surface area contributed by atoms with E-state index in [0.717, 1.165) is 12.6 Å². The highest BCUT2D eigenvalue weighted by Gasteiger charge is 2.36. The van der Waals surface area contributed by atoms with Gasteiger partial charge in [0.05, 0.1) is 6.20 Å². The zero-order valence-corrected chi connectivity index (χ0v) is 11.5. The van der Waals surface area contributed by atoms with Crippen LogP contribution in [0.2, 0.25) is 0 Å². The number of nitrogen functional groups attached to an aromatic ring is 1. The summed E-state index contributed by atoms with van der Waals surface area (Å²) >= 11 is 0. The summed E-state index contributed by atoms with van der Waals surface area (Å²) in [6.07, 6.45) is -2.70. The minimum atomic E-state index is -4.58. The third kappa shape index (κ3) is 3.97. The number of hydrogen-bond acceptors (Lipinski definition) is 4. The van der Waals surface area contributed by atoms with Crippen molar-refractivity contribution in [3.8, 4) is 0 Å². The monoisotopic (exact) mass is 276 g/mol. The van der Waals surface area contributed by atoms with Crippen LogP contribution in [0.25, 0.3) is 0 Å². The van der Waals surface area contributed by atoms with Crippen LogP contribution in [-0.4, -0.2) is 16.0 Å². The minimum absolute atomic E-state index is 0.0477. The summed E-state index contributed by atoms with van der Waals surface area (Å²) in [4.78, 5) is 7.07. The first-order chi connectivity index (χ1) is 8.55. The lowest BCUT2D eigenvalue weighted by Crippen LogP contribution is -2.33. The topological polar surface area (TPSA) is 63.8 Å². The normalized spacial score (nSPS) is 14.3.